The standard InChI is InChI=1S/C52H24F24P2.C35H42P2/c53-45(54,55)27-13-28(46(56,57)58)18-35(17-27)77(36-19-29(47(59,60)61)14-30(20-36)48(62,63)64)41-11-9-25-5-1-3-7-39(25)43(41)44-40-8-4-2-6-26(40)10-12-42(44)78(37-21-31(49(65,66)67)15-32(22-37)50(68,69)70)38-23-33(51(71,72)73)16-34(24-38)52(74,75)76;1-24-12-25(2)17-32(16-24)36(33-18-26(3)13-27(4)19-33)10-9-11-37(34-20-28(5)14-29(6)21-34)35-22-30(7)15-31(8)23-35/h1-24H;12-23H,9-11H2,1-8H3. The van der Waals surface area contributed by atoms with Crippen molar-refractivity contribution in [1.82, 2.24) is 0 Å². The van der Waals surface area contributed by atoms with Gasteiger partial charge < -0.3 is 0 Å². The van der Waals surface area contributed by atoms with Gasteiger partial charge in [0, 0.05) is 0 Å². The molecule has 12 rings (SSSR count). The van der Waals surface area contributed by atoms with Crippen molar-refractivity contribution in [3.63, 3.8) is 0 Å². The molecule has 0 saturated heterocycles. The normalized spacial score (nSPS) is 12.9. The van der Waals surface area contributed by atoms with E-state index >= 15 is 0 Å². The summed E-state index contributed by atoms with van der Waals surface area (Å²) >= 11 is 0. The molecule has 0 aromatic heterocycles. The second kappa shape index (κ2) is 32.9. The Kier molecular flexibility index (Phi) is 24.9. The Morgan fingerprint density at radius 3 is 0.591 bits per heavy atom. The highest BCUT2D eigenvalue weighted by Gasteiger charge is 2.45. The van der Waals surface area contributed by atoms with E-state index in [-0.39, 0.29) is 70.1 Å². The molecule has 0 saturated carbocycles. The van der Waals surface area contributed by atoms with Crippen molar-refractivity contribution < 1.29 is 105 Å². The van der Waals surface area contributed by atoms with Gasteiger partial charge in [-0.1, -0.05) is 190 Å². The van der Waals surface area contributed by atoms with Gasteiger partial charge in [0.2, 0.25) is 0 Å². The van der Waals surface area contributed by atoms with Crippen molar-refractivity contribution in [3.8, 4) is 11.1 Å². The molecule has 0 bridgehead atoms. The molecule has 0 N–H and O–H groups in total. The average Bonchev–Trinajstić information content (AvgIpc) is 0.723. The Balaban J connectivity index is 0.000000293. The first kappa shape index (κ1) is 87.0. The van der Waals surface area contributed by atoms with Gasteiger partial charge in [0.05, 0.1) is 44.5 Å². The predicted octanol–water partition coefficient (Wildman–Crippen LogP) is 25.4. The fraction of sp³-hybridized carbons (Fsp3) is 0.218. The molecule has 0 aliphatic rings. The van der Waals surface area contributed by atoms with Crippen LogP contribution in [-0.4, -0.2) is 12.3 Å². The van der Waals surface area contributed by atoms with Gasteiger partial charge in [0.25, 0.3) is 0 Å². The Hall–Kier alpha value is -8.80. The van der Waals surface area contributed by atoms with E-state index in [1.54, 1.807) is 0 Å². The van der Waals surface area contributed by atoms with Gasteiger partial charge >= 0.3 is 49.4 Å². The average molecular weight is 1690 g/mol. The molecule has 602 valence electrons. The summed E-state index contributed by atoms with van der Waals surface area (Å²) in [5, 5.41) is -1.21. The quantitative estimate of drug-likeness (QED) is 0.0709. The molecule has 12 aromatic rings. The first-order valence-corrected chi connectivity index (χ1v) is 40.7. The van der Waals surface area contributed by atoms with Gasteiger partial charge in [-0.15, -0.1) is 0 Å². The maximum Gasteiger partial charge on any atom is 0.416 e. The van der Waals surface area contributed by atoms with Crippen molar-refractivity contribution in [2.75, 3.05) is 12.3 Å². The Labute approximate surface area is 650 Å². The number of fused-ring (bicyclic) bond motifs is 2. The van der Waals surface area contributed by atoms with Crippen LogP contribution in [0.25, 0.3) is 32.7 Å². The van der Waals surface area contributed by atoms with E-state index < -0.39 is 193 Å². The van der Waals surface area contributed by atoms with Crippen LogP contribution in [0.5, 0.6) is 0 Å². The van der Waals surface area contributed by atoms with Crippen LogP contribution in [0.2, 0.25) is 0 Å². The van der Waals surface area contributed by atoms with Crippen LogP contribution in [0, 0.1) is 55.4 Å². The lowest BCUT2D eigenvalue weighted by Crippen LogP contribution is -2.29. The minimum Gasteiger partial charge on any atom is -0.166 e. The van der Waals surface area contributed by atoms with E-state index in [9.17, 15) is 105 Å². The molecule has 0 aliphatic heterocycles. The van der Waals surface area contributed by atoms with Crippen molar-refractivity contribution in [3.05, 3.63) is 307 Å². The summed E-state index contributed by atoms with van der Waals surface area (Å²) in [5.74, 6) is 0. The SMILES string of the molecule is Cc1cc(C)cc(P(CCCP(c2cc(C)cc(C)c2)c2cc(C)cc(C)c2)c2cc(C)cc(C)c2)c1.FC(F)(F)c1cc(P(c2cc(C(F)(F)F)cc(C(F)(F)F)c2)c2ccc3ccccc3c2-c2c(P(c3cc(C(F)(F)F)cc(C(F)(F)F)c3)c3cc(C(F)(F)F)cc(C(F)(F)F)c3)ccc3ccccc23)cc(C(F)(F)F)c1. The van der Waals surface area contributed by atoms with Crippen LogP contribution in [0.4, 0.5) is 105 Å². The highest BCUT2D eigenvalue weighted by Crippen LogP contribution is 2.52. The number of hydrogen-bond donors (Lipinski definition) is 0. The number of alkyl halides is 24. The summed E-state index contributed by atoms with van der Waals surface area (Å²) in [6, 6.07) is 40.5. The molecule has 12 aromatic carbocycles. The summed E-state index contributed by atoms with van der Waals surface area (Å²) in [6.45, 7) is 17.9. The van der Waals surface area contributed by atoms with Gasteiger partial charge in [0.15, 0.2) is 0 Å². The van der Waals surface area contributed by atoms with Crippen molar-refractivity contribution in [2.24, 2.45) is 0 Å². The molecule has 0 radical (unpaired) electrons. The monoisotopic (exact) mass is 1690 g/mol. The number of hydrogen-bond acceptors (Lipinski definition) is 0. The first-order valence-electron chi connectivity index (χ1n) is 35.0. The van der Waals surface area contributed by atoms with E-state index in [1.165, 1.54) is 121 Å². The lowest BCUT2D eigenvalue weighted by molar-refractivity contribution is -0.144. The zero-order valence-corrected chi connectivity index (χ0v) is 65.3. The maximum atomic E-state index is 14.7. The fourth-order valence-electron chi connectivity index (χ4n) is 14.2. The van der Waals surface area contributed by atoms with E-state index in [1.807, 2.05) is 0 Å². The third-order valence-electron chi connectivity index (χ3n) is 18.7. The molecule has 0 fully saturated rings. The van der Waals surface area contributed by atoms with Crippen LogP contribution in [0.3, 0.4) is 0 Å². The zero-order valence-electron chi connectivity index (χ0n) is 61.8. The van der Waals surface area contributed by atoms with E-state index in [0.29, 0.717) is 0 Å². The van der Waals surface area contributed by atoms with Crippen LogP contribution in [-0.2, 0) is 49.4 Å². The van der Waals surface area contributed by atoms with Gasteiger partial charge in [-0.05, 0) is 264 Å². The molecule has 0 atom stereocenters. The fourth-order valence-corrected chi connectivity index (χ4v) is 25.1. The maximum absolute atomic E-state index is 14.7. The largest absolute Gasteiger partial charge is 0.416 e. The highest BCUT2D eigenvalue weighted by atomic mass is 31.1. The van der Waals surface area contributed by atoms with Crippen LogP contribution in [0.15, 0.2) is 218 Å². The third-order valence-corrected chi connectivity index (χ3v) is 28.6. The van der Waals surface area contributed by atoms with Crippen molar-refractivity contribution in [1.29, 1.82) is 0 Å². The van der Waals surface area contributed by atoms with Gasteiger partial charge in [-0.3, -0.25) is 0 Å². The first-order chi connectivity index (χ1) is 53.3. The number of aryl methyl sites for hydroxylation is 8. The molecular formula is C87H66F24P4. The van der Waals surface area contributed by atoms with Crippen LogP contribution < -0.4 is 53.0 Å². The van der Waals surface area contributed by atoms with E-state index in [0.717, 1.165) is 36.4 Å². The molecule has 0 spiro atoms. The second-order valence-electron chi connectivity index (χ2n) is 28.1. The molecule has 0 amide bonds. The third kappa shape index (κ3) is 20.6. The summed E-state index contributed by atoms with van der Waals surface area (Å²) in [7, 11) is -8.36. The topological polar surface area (TPSA) is 0 Å². The van der Waals surface area contributed by atoms with Crippen LogP contribution in [0.1, 0.15) is 95.4 Å². The van der Waals surface area contributed by atoms with Crippen LogP contribution >= 0.6 is 31.7 Å². The predicted molar refractivity (Wildman–Crippen MR) is 415 cm³/mol. The Bertz CT molecular complexity index is 4820. The molecule has 0 heterocycles. The van der Waals surface area contributed by atoms with E-state index in [4.69, 9.17) is 0 Å². The molecule has 0 unspecified atom stereocenters. The Morgan fingerprint density at radius 1 is 0.209 bits per heavy atom. The number of rotatable bonds is 15. The van der Waals surface area contributed by atoms with Crippen molar-refractivity contribution in [2.45, 2.75) is 111 Å². The minimum absolute atomic E-state index is 0.00701. The summed E-state index contributed by atoms with van der Waals surface area (Å²) in [5.41, 5.74) is -7.46. The van der Waals surface area contributed by atoms with Gasteiger partial charge in [-0.2, -0.15) is 105 Å². The zero-order chi connectivity index (χ0) is 84.4. The highest BCUT2D eigenvalue weighted by molar-refractivity contribution is 7.81. The Morgan fingerprint density at radius 2 is 0.400 bits per heavy atom. The van der Waals surface area contributed by atoms with Gasteiger partial charge in [0.1, 0.15) is 0 Å². The lowest BCUT2D eigenvalue weighted by atomic mass is 9.93. The van der Waals surface area contributed by atoms with Crippen molar-refractivity contribution >= 4 is 106 Å². The number of benzene rings is 12. The smallest absolute Gasteiger partial charge is 0.166 e. The summed E-state index contributed by atoms with van der Waals surface area (Å²) in [4.78, 5) is 0. The number of halogens is 24. The van der Waals surface area contributed by atoms with Gasteiger partial charge in [-0.25, -0.2) is 0 Å². The second-order valence-corrected chi connectivity index (χ2v) is 37.2. The lowest BCUT2D eigenvalue weighted by Gasteiger charge is -2.30. The van der Waals surface area contributed by atoms with E-state index in [2.05, 4.69) is 128 Å². The molecular weight excluding hydrogens is 1620 g/mol. The molecule has 0 aliphatic carbocycles. The molecule has 28 heteroatoms. The minimum atomic E-state index is -5.74. The summed E-state index contributed by atoms with van der Waals surface area (Å²) in [6.07, 6.45) is -42.2. The molecule has 0 nitrogen and oxygen atoms in total. The summed E-state index contributed by atoms with van der Waals surface area (Å²) < 4.78 is 353. The molecule has 115 heavy (non-hydrogen) atoms.